The zero-order chi connectivity index (χ0) is 19.3. The van der Waals surface area contributed by atoms with E-state index in [1.165, 1.54) is 11.1 Å². The van der Waals surface area contributed by atoms with Crippen molar-refractivity contribution in [2.24, 2.45) is 0 Å². The van der Waals surface area contributed by atoms with Gasteiger partial charge in [0.1, 0.15) is 11.5 Å². The van der Waals surface area contributed by atoms with Crippen LogP contribution in [0.3, 0.4) is 0 Å². The van der Waals surface area contributed by atoms with E-state index >= 15 is 0 Å². The van der Waals surface area contributed by atoms with Crippen molar-refractivity contribution in [1.82, 2.24) is 9.97 Å². The Kier molecular flexibility index (Phi) is 5.33. The van der Waals surface area contributed by atoms with E-state index in [-0.39, 0.29) is 5.91 Å². The number of hydrogen-bond acceptors (Lipinski definition) is 4. The predicted octanol–water partition coefficient (Wildman–Crippen LogP) is 4.10. The number of benzene rings is 2. The molecule has 142 valence electrons. The molecule has 1 aliphatic rings. The van der Waals surface area contributed by atoms with E-state index in [1.54, 1.807) is 12.4 Å². The molecule has 0 fully saturated rings. The first kappa shape index (κ1) is 18.2. The Morgan fingerprint density at radius 3 is 2.57 bits per heavy atom. The number of fused-ring (bicyclic) bond motifs is 1. The molecule has 1 amide bonds. The summed E-state index contributed by atoms with van der Waals surface area (Å²) < 4.78 is 0. The van der Waals surface area contributed by atoms with Gasteiger partial charge in [0.25, 0.3) is 5.91 Å². The second-order valence-electron chi connectivity index (χ2n) is 6.95. The normalized spacial score (nSPS) is 13.1. The first-order chi connectivity index (χ1) is 13.8. The van der Waals surface area contributed by atoms with Crippen molar-refractivity contribution in [3.8, 4) is 0 Å². The minimum absolute atomic E-state index is 0.0858. The predicted molar refractivity (Wildman–Crippen MR) is 112 cm³/mol. The average Bonchev–Trinajstić information content (AvgIpc) is 2.77. The van der Waals surface area contributed by atoms with Gasteiger partial charge in [0.15, 0.2) is 0 Å². The molecular weight excluding hydrogens is 348 g/mol. The highest BCUT2D eigenvalue weighted by Crippen LogP contribution is 2.27. The molecule has 0 saturated heterocycles. The quantitative estimate of drug-likeness (QED) is 0.677. The van der Waals surface area contributed by atoms with Gasteiger partial charge in [-0.1, -0.05) is 48.5 Å². The summed E-state index contributed by atoms with van der Waals surface area (Å²) in [5, 5.41) is 0. The van der Waals surface area contributed by atoms with E-state index in [4.69, 9.17) is 0 Å². The van der Waals surface area contributed by atoms with Gasteiger partial charge in [-0.3, -0.25) is 4.79 Å². The SMILES string of the molecule is CCN(Cc1ccccc1)c1cnc(C(=O)N2CCCc3ccccc32)cn1. The molecule has 28 heavy (non-hydrogen) atoms. The first-order valence-electron chi connectivity index (χ1n) is 9.77. The number of aromatic nitrogens is 2. The number of para-hydroxylation sites is 1. The lowest BCUT2D eigenvalue weighted by Crippen LogP contribution is -2.36. The second kappa shape index (κ2) is 8.21. The van der Waals surface area contributed by atoms with Gasteiger partial charge in [-0.25, -0.2) is 9.97 Å². The van der Waals surface area contributed by atoms with E-state index in [1.807, 2.05) is 41.3 Å². The molecule has 3 aromatic rings. The van der Waals surface area contributed by atoms with Crippen molar-refractivity contribution in [2.45, 2.75) is 26.3 Å². The highest BCUT2D eigenvalue weighted by atomic mass is 16.2. The fourth-order valence-corrected chi connectivity index (χ4v) is 3.64. The molecule has 5 heteroatoms. The third-order valence-corrected chi connectivity index (χ3v) is 5.13. The molecule has 0 N–H and O–H groups in total. The van der Waals surface area contributed by atoms with Crippen LogP contribution in [0.25, 0.3) is 0 Å². The third-order valence-electron chi connectivity index (χ3n) is 5.13. The molecule has 1 aliphatic heterocycles. The first-order valence-corrected chi connectivity index (χ1v) is 9.77. The van der Waals surface area contributed by atoms with Crippen LogP contribution in [-0.4, -0.2) is 29.0 Å². The molecule has 1 aromatic heterocycles. The lowest BCUT2D eigenvalue weighted by Gasteiger charge is -2.29. The van der Waals surface area contributed by atoms with Gasteiger partial charge in [-0.05, 0) is 37.0 Å². The number of anilines is 2. The molecule has 2 heterocycles. The minimum Gasteiger partial charge on any atom is -0.351 e. The van der Waals surface area contributed by atoms with E-state index in [9.17, 15) is 4.79 Å². The number of amides is 1. The van der Waals surface area contributed by atoms with Gasteiger partial charge < -0.3 is 9.80 Å². The Hall–Kier alpha value is -3.21. The number of aryl methyl sites for hydroxylation is 1. The molecule has 0 unspecified atom stereocenters. The lowest BCUT2D eigenvalue weighted by atomic mass is 10.0. The minimum atomic E-state index is -0.0858. The van der Waals surface area contributed by atoms with E-state index in [0.29, 0.717) is 12.2 Å². The van der Waals surface area contributed by atoms with Crippen LogP contribution in [0.4, 0.5) is 11.5 Å². The number of hydrogen-bond donors (Lipinski definition) is 0. The monoisotopic (exact) mass is 372 g/mol. The van der Waals surface area contributed by atoms with Gasteiger partial charge >= 0.3 is 0 Å². The Morgan fingerprint density at radius 1 is 1.04 bits per heavy atom. The van der Waals surface area contributed by atoms with Crippen LogP contribution in [0, 0.1) is 0 Å². The number of rotatable bonds is 5. The lowest BCUT2D eigenvalue weighted by molar-refractivity contribution is 0.0980. The molecule has 0 aliphatic carbocycles. The standard InChI is InChI=1S/C23H24N4O/c1-2-26(17-18-9-4-3-5-10-18)22-16-24-20(15-25-22)23(28)27-14-8-12-19-11-6-7-13-21(19)27/h3-7,9-11,13,15-16H,2,8,12,14,17H2,1H3. The summed E-state index contributed by atoms with van der Waals surface area (Å²) in [6.07, 6.45) is 5.28. The Morgan fingerprint density at radius 2 is 1.82 bits per heavy atom. The smallest absolute Gasteiger partial charge is 0.278 e. The van der Waals surface area contributed by atoms with Crippen molar-refractivity contribution in [3.05, 3.63) is 83.8 Å². The van der Waals surface area contributed by atoms with E-state index in [0.717, 1.165) is 37.4 Å². The summed E-state index contributed by atoms with van der Waals surface area (Å²) in [6, 6.07) is 18.4. The molecule has 0 spiro atoms. The third kappa shape index (κ3) is 3.74. The van der Waals surface area contributed by atoms with Crippen LogP contribution in [0.1, 0.15) is 35.0 Å². The molecule has 0 atom stereocenters. The summed E-state index contributed by atoms with van der Waals surface area (Å²) in [6.45, 7) is 4.39. The van der Waals surface area contributed by atoms with Crippen LogP contribution in [-0.2, 0) is 13.0 Å². The average molecular weight is 372 g/mol. The summed E-state index contributed by atoms with van der Waals surface area (Å²) in [4.78, 5) is 26.0. The second-order valence-corrected chi connectivity index (χ2v) is 6.95. The van der Waals surface area contributed by atoms with Crippen LogP contribution in [0.15, 0.2) is 67.0 Å². The van der Waals surface area contributed by atoms with Crippen molar-refractivity contribution < 1.29 is 4.79 Å². The van der Waals surface area contributed by atoms with Crippen molar-refractivity contribution in [2.75, 3.05) is 22.9 Å². The number of nitrogens with zero attached hydrogens (tertiary/aromatic N) is 4. The molecular formula is C23H24N4O. The fourth-order valence-electron chi connectivity index (χ4n) is 3.64. The van der Waals surface area contributed by atoms with Gasteiger partial charge in [-0.15, -0.1) is 0 Å². The molecule has 0 bridgehead atoms. The largest absolute Gasteiger partial charge is 0.351 e. The molecule has 4 rings (SSSR count). The maximum absolute atomic E-state index is 13.0. The van der Waals surface area contributed by atoms with Crippen molar-refractivity contribution in [3.63, 3.8) is 0 Å². The van der Waals surface area contributed by atoms with E-state index < -0.39 is 0 Å². The molecule has 0 radical (unpaired) electrons. The Labute approximate surface area is 165 Å². The van der Waals surface area contributed by atoms with Gasteiger partial charge in [0.2, 0.25) is 0 Å². The number of carbonyl (C=O) groups is 1. The highest BCUT2D eigenvalue weighted by molar-refractivity contribution is 6.05. The zero-order valence-electron chi connectivity index (χ0n) is 16.1. The summed E-state index contributed by atoms with van der Waals surface area (Å²) >= 11 is 0. The molecule has 0 saturated carbocycles. The van der Waals surface area contributed by atoms with Crippen LogP contribution >= 0.6 is 0 Å². The van der Waals surface area contributed by atoms with Crippen molar-refractivity contribution in [1.29, 1.82) is 0 Å². The molecule has 2 aromatic carbocycles. The Balaban J connectivity index is 1.52. The summed E-state index contributed by atoms with van der Waals surface area (Å²) in [7, 11) is 0. The maximum atomic E-state index is 13.0. The van der Waals surface area contributed by atoms with E-state index in [2.05, 4.69) is 40.0 Å². The van der Waals surface area contributed by atoms with Gasteiger partial charge in [0.05, 0.1) is 12.4 Å². The highest BCUT2D eigenvalue weighted by Gasteiger charge is 2.24. The molecule has 5 nitrogen and oxygen atoms in total. The Bertz CT molecular complexity index is 940. The summed E-state index contributed by atoms with van der Waals surface area (Å²) in [5.41, 5.74) is 3.81. The maximum Gasteiger partial charge on any atom is 0.278 e. The summed E-state index contributed by atoms with van der Waals surface area (Å²) in [5.74, 6) is 0.694. The number of carbonyl (C=O) groups excluding carboxylic acids is 1. The van der Waals surface area contributed by atoms with Gasteiger partial charge in [-0.2, -0.15) is 0 Å². The zero-order valence-corrected chi connectivity index (χ0v) is 16.1. The van der Waals surface area contributed by atoms with Crippen LogP contribution < -0.4 is 9.80 Å². The van der Waals surface area contributed by atoms with Gasteiger partial charge in [0, 0.05) is 25.3 Å². The fraction of sp³-hybridized carbons (Fsp3) is 0.261. The topological polar surface area (TPSA) is 49.3 Å². The van der Waals surface area contributed by atoms with Crippen molar-refractivity contribution >= 4 is 17.4 Å². The van der Waals surface area contributed by atoms with Crippen LogP contribution in [0.5, 0.6) is 0 Å². The van der Waals surface area contributed by atoms with Crippen LogP contribution in [0.2, 0.25) is 0 Å².